The molecule has 0 aromatic heterocycles. The first-order valence-electron chi connectivity index (χ1n) is 5.77. The fraction of sp³-hybridized carbons (Fsp3) is 0.917. The molecule has 0 aliphatic heterocycles. The molecule has 0 bridgehead atoms. The second-order valence-electron chi connectivity index (χ2n) is 5.52. The van der Waals surface area contributed by atoms with Gasteiger partial charge in [-0.3, -0.25) is 0 Å². The predicted octanol–water partition coefficient (Wildman–Crippen LogP) is 3.04. The molecule has 0 aromatic carbocycles. The summed E-state index contributed by atoms with van der Waals surface area (Å²) in [4.78, 5) is 13.5. The van der Waals surface area contributed by atoms with Gasteiger partial charge in [0.2, 0.25) is 0 Å². The Morgan fingerprint density at radius 2 is 1.93 bits per heavy atom. The smallest absolute Gasteiger partial charge is 0.410 e. The topological polar surface area (TPSA) is 29.5 Å². The Bertz CT molecular complexity index is 228. The number of amides is 1. The third-order valence-corrected chi connectivity index (χ3v) is 3.12. The summed E-state index contributed by atoms with van der Waals surface area (Å²) in [5.74, 6) is 0.669. The number of hydrogen-bond donors (Lipinski definition) is 0. The molecule has 1 aliphatic carbocycles. The molecule has 1 rings (SSSR count). The average Bonchev–Trinajstić information content (AvgIpc) is 1.96. The van der Waals surface area contributed by atoms with Crippen LogP contribution < -0.4 is 0 Å². The van der Waals surface area contributed by atoms with E-state index in [-0.39, 0.29) is 6.09 Å². The minimum absolute atomic E-state index is 0.207. The third-order valence-electron chi connectivity index (χ3n) is 3.12. The van der Waals surface area contributed by atoms with E-state index in [4.69, 9.17) is 4.74 Å². The lowest BCUT2D eigenvalue weighted by atomic mass is 9.80. The van der Waals surface area contributed by atoms with E-state index in [9.17, 15) is 4.79 Å². The first-order valence-corrected chi connectivity index (χ1v) is 5.77. The summed E-state index contributed by atoms with van der Waals surface area (Å²) in [6.07, 6.45) is 3.58. The number of ether oxygens (including phenoxy) is 1. The minimum atomic E-state index is -0.398. The molecule has 3 nitrogen and oxygen atoms in total. The van der Waals surface area contributed by atoms with E-state index in [1.165, 1.54) is 19.3 Å². The monoisotopic (exact) mass is 213 g/mol. The van der Waals surface area contributed by atoms with E-state index in [1.807, 2.05) is 27.8 Å². The molecule has 0 radical (unpaired) electrons. The number of carbonyl (C=O) groups excluding carboxylic acids is 1. The number of rotatable bonds is 2. The third kappa shape index (κ3) is 3.40. The van der Waals surface area contributed by atoms with Crippen LogP contribution in [0.1, 0.15) is 47.0 Å². The lowest BCUT2D eigenvalue weighted by molar-refractivity contribution is 0.0135. The molecule has 3 heteroatoms. The summed E-state index contributed by atoms with van der Waals surface area (Å²) in [5, 5.41) is 0. The fourth-order valence-electron chi connectivity index (χ4n) is 1.74. The van der Waals surface area contributed by atoms with Gasteiger partial charge < -0.3 is 9.64 Å². The van der Waals surface area contributed by atoms with Crippen molar-refractivity contribution in [2.45, 2.75) is 58.6 Å². The number of nitrogens with zero attached hydrogens (tertiary/aromatic N) is 1. The van der Waals surface area contributed by atoms with Crippen molar-refractivity contribution < 1.29 is 9.53 Å². The van der Waals surface area contributed by atoms with Crippen molar-refractivity contribution in [1.82, 2.24) is 4.90 Å². The largest absolute Gasteiger partial charge is 0.444 e. The zero-order valence-corrected chi connectivity index (χ0v) is 10.5. The van der Waals surface area contributed by atoms with Crippen LogP contribution in [-0.2, 0) is 4.74 Å². The standard InChI is InChI=1S/C12H23NO2/c1-9(10-7-6-8-10)13(5)11(14)15-12(2,3)4/h9-10H,6-8H2,1-5H3. The van der Waals surface area contributed by atoms with Crippen LogP contribution in [0.2, 0.25) is 0 Å². The highest BCUT2D eigenvalue weighted by molar-refractivity contribution is 5.68. The fourth-order valence-corrected chi connectivity index (χ4v) is 1.74. The van der Waals surface area contributed by atoms with Gasteiger partial charge in [0, 0.05) is 13.1 Å². The van der Waals surface area contributed by atoms with Gasteiger partial charge in [-0.25, -0.2) is 4.79 Å². The SMILES string of the molecule is CC(C1CCC1)N(C)C(=O)OC(C)(C)C. The summed E-state index contributed by atoms with van der Waals surface area (Å²) >= 11 is 0. The Morgan fingerprint density at radius 3 is 2.27 bits per heavy atom. The molecule has 1 unspecified atom stereocenters. The molecule has 1 saturated carbocycles. The molecule has 0 heterocycles. The maximum atomic E-state index is 11.7. The lowest BCUT2D eigenvalue weighted by Crippen LogP contribution is -2.44. The number of carbonyl (C=O) groups is 1. The van der Waals surface area contributed by atoms with Crippen molar-refractivity contribution in [3.05, 3.63) is 0 Å². The van der Waals surface area contributed by atoms with E-state index in [0.29, 0.717) is 12.0 Å². The average molecular weight is 213 g/mol. The highest BCUT2D eigenvalue weighted by atomic mass is 16.6. The second kappa shape index (κ2) is 4.42. The molecule has 1 amide bonds. The van der Waals surface area contributed by atoms with E-state index < -0.39 is 5.60 Å². The van der Waals surface area contributed by atoms with Gasteiger partial charge in [-0.15, -0.1) is 0 Å². The lowest BCUT2D eigenvalue weighted by Gasteiger charge is -2.37. The Morgan fingerprint density at radius 1 is 1.40 bits per heavy atom. The van der Waals surface area contributed by atoms with Crippen molar-refractivity contribution in [3.8, 4) is 0 Å². The van der Waals surface area contributed by atoms with Gasteiger partial charge in [-0.2, -0.15) is 0 Å². The van der Waals surface area contributed by atoms with E-state index in [2.05, 4.69) is 6.92 Å². The van der Waals surface area contributed by atoms with Crippen LogP contribution in [0, 0.1) is 5.92 Å². The highest BCUT2D eigenvalue weighted by Gasteiger charge is 2.30. The Kier molecular flexibility index (Phi) is 3.63. The van der Waals surface area contributed by atoms with Gasteiger partial charge in [-0.05, 0) is 46.5 Å². The Labute approximate surface area is 92.8 Å². The van der Waals surface area contributed by atoms with Crippen molar-refractivity contribution in [1.29, 1.82) is 0 Å². The zero-order chi connectivity index (χ0) is 11.6. The van der Waals surface area contributed by atoms with E-state index >= 15 is 0 Å². The van der Waals surface area contributed by atoms with E-state index in [0.717, 1.165) is 0 Å². The van der Waals surface area contributed by atoms with Gasteiger partial charge >= 0.3 is 6.09 Å². The van der Waals surface area contributed by atoms with Crippen molar-refractivity contribution >= 4 is 6.09 Å². The highest BCUT2D eigenvalue weighted by Crippen LogP contribution is 2.31. The van der Waals surface area contributed by atoms with Gasteiger partial charge in [0.05, 0.1) is 0 Å². The zero-order valence-electron chi connectivity index (χ0n) is 10.5. The first-order chi connectivity index (χ1) is 6.81. The Hall–Kier alpha value is -0.730. The molecule has 0 aromatic rings. The normalized spacial score (nSPS) is 19.3. The molecule has 1 aliphatic rings. The molecular formula is C12H23NO2. The van der Waals surface area contributed by atoms with Crippen LogP contribution in [0.3, 0.4) is 0 Å². The van der Waals surface area contributed by atoms with Crippen molar-refractivity contribution in [3.63, 3.8) is 0 Å². The quantitative estimate of drug-likeness (QED) is 0.705. The molecule has 15 heavy (non-hydrogen) atoms. The van der Waals surface area contributed by atoms with Crippen molar-refractivity contribution in [2.75, 3.05) is 7.05 Å². The number of hydrogen-bond acceptors (Lipinski definition) is 2. The van der Waals surface area contributed by atoms with E-state index in [1.54, 1.807) is 4.90 Å². The summed E-state index contributed by atoms with van der Waals surface area (Å²) in [7, 11) is 1.83. The van der Waals surface area contributed by atoms with Gasteiger partial charge in [0.25, 0.3) is 0 Å². The van der Waals surface area contributed by atoms with Crippen LogP contribution in [0.15, 0.2) is 0 Å². The summed E-state index contributed by atoms with van der Waals surface area (Å²) in [6.45, 7) is 7.79. The molecular weight excluding hydrogens is 190 g/mol. The molecule has 88 valence electrons. The Balaban J connectivity index is 2.44. The van der Waals surface area contributed by atoms with Gasteiger partial charge in [0.1, 0.15) is 5.60 Å². The maximum absolute atomic E-state index is 11.7. The first kappa shape index (κ1) is 12.3. The van der Waals surface area contributed by atoms with Crippen LogP contribution in [0.4, 0.5) is 4.79 Å². The molecule has 1 atom stereocenters. The molecule has 0 spiro atoms. The molecule has 1 fully saturated rings. The summed E-state index contributed by atoms with van der Waals surface area (Å²) in [6, 6.07) is 0.300. The molecule has 0 saturated heterocycles. The van der Waals surface area contributed by atoms with Gasteiger partial charge in [-0.1, -0.05) is 6.42 Å². The van der Waals surface area contributed by atoms with Crippen LogP contribution >= 0.6 is 0 Å². The maximum Gasteiger partial charge on any atom is 0.410 e. The van der Waals surface area contributed by atoms with Crippen LogP contribution in [-0.4, -0.2) is 29.7 Å². The second-order valence-corrected chi connectivity index (χ2v) is 5.52. The van der Waals surface area contributed by atoms with Crippen LogP contribution in [0.5, 0.6) is 0 Å². The van der Waals surface area contributed by atoms with Gasteiger partial charge in [0.15, 0.2) is 0 Å². The minimum Gasteiger partial charge on any atom is -0.444 e. The van der Waals surface area contributed by atoms with Crippen LogP contribution in [0.25, 0.3) is 0 Å². The summed E-state index contributed by atoms with van der Waals surface area (Å²) < 4.78 is 5.33. The molecule has 0 N–H and O–H groups in total. The predicted molar refractivity (Wildman–Crippen MR) is 60.8 cm³/mol. The van der Waals surface area contributed by atoms with Crippen molar-refractivity contribution in [2.24, 2.45) is 5.92 Å². The summed E-state index contributed by atoms with van der Waals surface area (Å²) in [5.41, 5.74) is -0.398.